The predicted molar refractivity (Wildman–Crippen MR) is 136 cm³/mol. The quantitative estimate of drug-likeness (QED) is 0.471. The lowest BCUT2D eigenvalue weighted by Gasteiger charge is -2.36. The van der Waals surface area contributed by atoms with Crippen LogP contribution in [0.25, 0.3) is 10.9 Å². The zero-order chi connectivity index (χ0) is 25.8. The summed E-state index contributed by atoms with van der Waals surface area (Å²) in [7, 11) is 0. The highest BCUT2D eigenvalue weighted by molar-refractivity contribution is 5.93. The molecule has 1 N–H and O–H groups in total. The van der Waals surface area contributed by atoms with Gasteiger partial charge in [0, 0.05) is 42.8 Å². The molecule has 196 valence electrons. The number of carbonyl (C=O) groups is 1. The van der Waals surface area contributed by atoms with Gasteiger partial charge in [-0.05, 0) is 81.1 Å². The molecule has 3 aromatic rings. The Bertz CT molecular complexity index is 1220. The zero-order valence-electron chi connectivity index (χ0n) is 20.5. The van der Waals surface area contributed by atoms with E-state index < -0.39 is 6.36 Å². The molecule has 0 aliphatic carbocycles. The summed E-state index contributed by atoms with van der Waals surface area (Å²) >= 11 is 0. The lowest BCUT2D eigenvalue weighted by Crippen LogP contribution is -2.44. The lowest BCUT2D eigenvalue weighted by atomic mass is 10.0. The Morgan fingerprint density at radius 2 is 1.76 bits per heavy atom. The second kappa shape index (κ2) is 10.9. The number of nitrogens with zero attached hydrogens (tertiary/aromatic N) is 4. The number of halogens is 3. The number of hydrogen-bond acceptors (Lipinski definition) is 6. The molecule has 7 nitrogen and oxygen atoms in total. The first-order valence-corrected chi connectivity index (χ1v) is 12.7. The Kier molecular flexibility index (Phi) is 7.45. The number of ether oxygens (including phenoxy) is 1. The van der Waals surface area contributed by atoms with E-state index in [4.69, 9.17) is 4.98 Å². The average Bonchev–Trinajstić information content (AvgIpc) is 3.42. The molecule has 1 aromatic heterocycles. The van der Waals surface area contributed by atoms with Crippen LogP contribution in [0.2, 0.25) is 0 Å². The normalized spacial score (nSPS) is 17.3. The molecule has 2 aromatic carbocycles. The van der Waals surface area contributed by atoms with E-state index in [2.05, 4.69) is 24.8 Å². The summed E-state index contributed by atoms with van der Waals surface area (Å²) in [5, 5.41) is 3.71. The summed E-state index contributed by atoms with van der Waals surface area (Å²) < 4.78 is 40.7. The van der Waals surface area contributed by atoms with Crippen molar-refractivity contribution in [2.24, 2.45) is 0 Å². The summed E-state index contributed by atoms with van der Waals surface area (Å²) in [5.41, 5.74) is 2.22. The number of piperidine rings is 1. The van der Waals surface area contributed by atoms with Gasteiger partial charge in [0.2, 0.25) is 11.9 Å². The fourth-order valence-electron chi connectivity index (χ4n) is 5.13. The number of hydrogen-bond donors (Lipinski definition) is 1. The minimum atomic E-state index is -4.72. The SMILES string of the molecule is O=C(CCc1ccc(OC(F)(F)F)cc1)Nc1ccc2nc(N3CCC(N4CCCC4)CC3)ncc2c1. The Labute approximate surface area is 213 Å². The molecule has 2 saturated heterocycles. The van der Waals surface area contributed by atoms with Crippen molar-refractivity contribution in [3.63, 3.8) is 0 Å². The number of carbonyl (C=O) groups excluding carboxylic acids is 1. The maximum absolute atomic E-state index is 12.4. The van der Waals surface area contributed by atoms with E-state index in [0.717, 1.165) is 48.3 Å². The second-order valence-corrected chi connectivity index (χ2v) is 9.64. The number of alkyl halides is 3. The number of aromatic nitrogens is 2. The molecule has 2 fully saturated rings. The number of nitrogens with one attached hydrogen (secondary N) is 1. The summed E-state index contributed by atoms with van der Waals surface area (Å²) in [5.74, 6) is 0.276. The second-order valence-electron chi connectivity index (χ2n) is 9.64. The Hall–Kier alpha value is -3.40. The first-order chi connectivity index (χ1) is 17.8. The minimum Gasteiger partial charge on any atom is -0.406 e. The van der Waals surface area contributed by atoms with Gasteiger partial charge in [0.25, 0.3) is 0 Å². The van der Waals surface area contributed by atoms with Gasteiger partial charge in [0.15, 0.2) is 0 Å². The van der Waals surface area contributed by atoms with Crippen molar-refractivity contribution in [3.8, 4) is 5.75 Å². The molecule has 0 spiro atoms. The van der Waals surface area contributed by atoms with Crippen LogP contribution in [0.4, 0.5) is 24.8 Å². The smallest absolute Gasteiger partial charge is 0.406 e. The molecule has 3 heterocycles. The van der Waals surface area contributed by atoms with E-state index in [1.165, 1.54) is 50.2 Å². The Morgan fingerprint density at radius 3 is 2.46 bits per heavy atom. The number of anilines is 2. The fourth-order valence-corrected chi connectivity index (χ4v) is 5.13. The molecule has 2 aliphatic heterocycles. The topological polar surface area (TPSA) is 70.6 Å². The highest BCUT2D eigenvalue weighted by atomic mass is 19.4. The van der Waals surface area contributed by atoms with Gasteiger partial charge in [0.05, 0.1) is 5.52 Å². The minimum absolute atomic E-state index is 0.187. The highest BCUT2D eigenvalue weighted by Gasteiger charge is 2.31. The van der Waals surface area contributed by atoms with Crippen molar-refractivity contribution in [2.75, 3.05) is 36.4 Å². The van der Waals surface area contributed by atoms with Crippen LogP contribution in [-0.4, -0.2) is 59.4 Å². The highest BCUT2D eigenvalue weighted by Crippen LogP contribution is 2.26. The molecule has 37 heavy (non-hydrogen) atoms. The van der Waals surface area contributed by atoms with Crippen molar-refractivity contribution in [1.29, 1.82) is 0 Å². The molecule has 0 radical (unpaired) electrons. The maximum Gasteiger partial charge on any atom is 0.573 e. The number of rotatable bonds is 7. The third-order valence-corrected chi connectivity index (χ3v) is 7.05. The van der Waals surface area contributed by atoms with Crippen LogP contribution in [0.5, 0.6) is 5.75 Å². The first kappa shape index (κ1) is 25.3. The van der Waals surface area contributed by atoms with E-state index in [0.29, 0.717) is 18.2 Å². The van der Waals surface area contributed by atoms with Gasteiger partial charge in [-0.15, -0.1) is 13.2 Å². The van der Waals surface area contributed by atoms with Crippen LogP contribution in [0.3, 0.4) is 0 Å². The van der Waals surface area contributed by atoms with Gasteiger partial charge in [0.1, 0.15) is 5.75 Å². The number of likely N-dealkylation sites (tertiary alicyclic amines) is 1. The molecule has 5 rings (SSSR count). The van der Waals surface area contributed by atoms with Crippen LogP contribution in [-0.2, 0) is 11.2 Å². The number of amides is 1. The van der Waals surface area contributed by atoms with E-state index in [-0.39, 0.29) is 18.1 Å². The molecule has 0 atom stereocenters. The molecule has 10 heteroatoms. The molecule has 1 amide bonds. The maximum atomic E-state index is 12.4. The molecule has 0 saturated carbocycles. The summed E-state index contributed by atoms with van der Waals surface area (Å²) in [6.07, 6.45) is 2.56. The van der Waals surface area contributed by atoms with Crippen LogP contribution in [0.1, 0.15) is 37.7 Å². The third kappa shape index (κ3) is 6.68. The van der Waals surface area contributed by atoms with E-state index in [1.54, 1.807) is 6.20 Å². The first-order valence-electron chi connectivity index (χ1n) is 12.7. The van der Waals surface area contributed by atoms with Gasteiger partial charge >= 0.3 is 6.36 Å². The van der Waals surface area contributed by atoms with Crippen LogP contribution in [0, 0.1) is 0 Å². The summed E-state index contributed by atoms with van der Waals surface area (Å²) in [6.45, 7) is 4.37. The van der Waals surface area contributed by atoms with Gasteiger partial charge in [-0.2, -0.15) is 0 Å². The fraction of sp³-hybridized carbons (Fsp3) is 0.444. The average molecular weight is 514 g/mol. The lowest BCUT2D eigenvalue weighted by molar-refractivity contribution is -0.274. The van der Waals surface area contributed by atoms with Crippen LogP contribution in [0.15, 0.2) is 48.7 Å². The van der Waals surface area contributed by atoms with Gasteiger partial charge < -0.3 is 19.9 Å². The number of aryl methyl sites for hydroxylation is 1. The van der Waals surface area contributed by atoms with Gasteiger partial charge in [-0.1, -0.05) is 12.1 Å². The van der Waals surface area contributed by atoms with Gasteiger partial charge in [-0.25, -0.2) is 9.97 Å². The molecular weight excluding hydrogens is 483 g/mol. The summed E-state index contributed by atoms with van der Waals surface area (Å²) in [4.78, 5) is 26.7. The largest absolute Gasteiger partial charge is 0.573 e. The molecule has 0 unspecified atom stereocenters. The van der Waals surface area contributed by atoms with Crippen molar-refractivity contribution in [3.05, 3.63) is 54.2 Å². The summed E-state index contributed by atoms with van der Waals surface area (Å²) in [6, 6.07) is 11.8. The van der Waals surface area contributed by atoms with E-state index in [1.807, 2.05) is 18.2 Å². The number of fused-ring (bicyclic) bond motifs is 1. The molecule has 0 bridgehead atoms. The van der Waals surface area contributed by atoms with Crippen molar-refractivity contribution in [1.82, 2.24) is 14.9 Å². The van der Waals surface area contributed by atoms with Crippen LogP contribution >= 0.6 is 0 Å². The van der Waals surface area contributed by atoms with Crippen molar-refractivity contribution in [2.45, 2.75) is 50.9 Å². The monoisotopic (exact) mass is 513 g/mol. The number of benzene rings is 2. The Balaban J connectivity index is 1.13. The Morgan fingerprint density at radius 1 is 1.03 bits per heavy atom. The zero-order valence-corrected chi connectivity index (χ0v) is 20.5. The molecule has 2 aliphatic rings. The van der Waals surface area contributed by atoms with E-state index >= 15 is 0 Å². The standard InChI is InChI=1S/C27H30F3N5O2/c28-27(29,30)37-23-7-3-19(4-8-23)5-10-25(36)32-21-6-9-24-20(17-21)18-31-26(33-24)35-15-11-22(12-16-35)34-13-1-2-14-34/h3-4,6-9,17-18,22H,1-2,5,10-16H2,(H,32,36). The van der Waals surface area contributed by atoms with Crippen molar-refractivity contribution >= 4 is 28.4 Å². The van der Waals surface area contributed by atoms with Crippen molar-refractivity contribution < 1.29 is 22.7 Å². The van der Waals surface area contributed by atoms with E-state index in [9.17, 15) is 18.0 Å². The predicted octanol–water partition coefficient (Wildman–Crippen LogP) is 5.16. The van der Waals surface area contributed by atoms with Gasteiger partial charge in [-0.3, -0.25) is 4.79 Å². The van der Waals surface area contributed by atoms with Crippen LogP contribution < -0.4 is 15.0 Å². The molecular formula is C27H30F3N5O2. The third-order valence-electron chi connectivity index (χ3n) is 7.05.